The number of amides is 2. The average Bonchev–Trinajstić information content (AvgIpc) is 3.22. The van der Waals surface area contributed by atoms with E-state index >= 15 is 0 Å². The number of rotatable bonds is 7. The van der Waals surface area contributed by atoms with Crippen LogP contribution in [0.3, 0.4) is 0 Å². The van der Waals surface area contributed by atoms with E-state index in [1.807, 2.05) is 23.7 Å². The van der Waals surface area contributed by atoms with Gasteiger partial charge in [0.15, 0.2) is 0 Å². The molecule has 0 spiro atoms. The van der Waals surface area contributed by atoms with Crippen LogP contribution < -0.4 is 10.6 Å². The minimum atomic E-state index is -0.151. The first-order valence-electron chi connectivity index (χ1n) is 8.34. The molecule has 1 fully saturated rings. The van der Waals surface area contributed by atoms with Crippen LogP contribution in [0.4, 0.5) is 10.5 Å². The smallest absolute Gasteiger partial charge is 0.319 e. The molecule has 0 saturated carbocycles. The van der Waals surface area contributed by atoms with Gasteiger partial charge in [0.2, 0.25) is 0 Å². The fraction of sp³-hybridized carbons (Fsp3) is 0.529. The van der Waals surface area contributed by atoms with Crippen LogP contribution >= 0.6 is 11.3 Å². The summed E-state index contributed by atoms with van der Waals surface area (Å²) < 4.78 is 6.22. The van der Waals surface area contributed by atoms with Gasteiger partial charge in [0, 0.05) is 39.0 Å². The normalized spacial score (nSPS) is 18.1. The van der Waals surface area contributed by atoms with Crippen molar-refractivity contribution in [1.29, 1.82) is 0 Å². The molecule has 2 N–H and O–H groups in total. The largest absolute Gasteiger partial charge is 0.385 e. The van der Waals surface area contributed by atoms with Crippen LogP contribution in [0.25, 0.3) is 10.2 Å². The molecule has 1 saturated heterocycles. The van der Waals surface area contributed by atoms with E-state index in [4.69, 9.17) is 4.74 Å². The molecule has 24 heavy (non-hydrogen) atoms. The Hall–Kier alpha value is -1.70. The first kappa shape index (κ1) is 17.1. The van der Waals surface area contributed by atoms with E-state index in [0.29, 0.717) is 12.5 Å². The van der Waals surface area contributed by atoms with Gasteiger partial charge in [0.1, 0.15) is 0 Å². The van der Waals surface area contributed by atoms with E-state index in [9.17, 15) is 4.79 Å². The molecule has 1 aromatic carbocycles. The van der Waals surface area contributed by atoms with Gasteiger partial charge in [0.05, 0.1) is 15.7 Å². The first-order chi connectivity index (χ1) is 11.7. The van der Waals surface area contributed by atoms with Gasteiger partial charge in [-0.1, -0.05) is 0 Å². The number of likely N-dealkylation sites (tertiary alicyclic amines) is 1. The van der Waals surface area contributed by atoms with Gasteiger partial charge in [-0.3, -0.25) is 0 Å². The number of urea groups is 1. The van der Waals surface area contributed by atoms with Crippen molar-refractivity contribution in [1.82, 2.24) is 15.2 Å². The van der Waals surface area contributed by atoms with Crippen LogP contribution in [0.1, 0.15) is 12.8 Å². The number of carbonyl (C=O) groups excluding carboxylic acids is 1. The van der Waals surface area contributed by atoms with Crippen molar-refractivity contribution in [2.75, 3.05) is 45.2 Å². The summed E-state index contributed by atoms with van der Waals surface area (Å²) in [4.78, 5) is 18.8. The Bertz CT molecular complexity index is 675. The number of aromatic nitrogens is 1. The molecule has 1 aromatic heterocycles. The third-order valence-electron chi connectivity index (χ3n) is 4.33. The predicted octanol–water partition coefficient (Wildman–Crippen LogP) is 2.78. The molecule has 1 atom stereocenters. The molecule has 1 aliphatic rings. The Morgan fingerprint density at radius 2 is 2.42 bits per heavy atom. The number of nitrogens with zero attached hydrogens (tertiary/aromatic N) is 2. The lowest BCUT2D eigenvalue weighted by Crippen LogP contribution is -2.34. The van der Waals surface area contributed by atoms with E-state index in [1.165, 1.54) is 0 Å². The van der Waals surface area contributed by atoms with Crippen LogP contribution in [-0.4, -0.2) is 55.8 Å². The summed E-state index contributed by atoms with van der Waals surface area (Å²) in [6.45, 7) is 4.76. The summed E-state index contributed by atoms with van der Waals surface area (Å²) in [6, 6.07) is 5.64. The summed E-state index contributed by atoms with van der Waals surface area (Å²) in [5.74, 6) is 0.527. The number of benzene rings is 1. The zero-order valence-electron chi connectivity index (χ0n) is 14.0. The van der Waals surface area contributed by atoms with Gasteiger partial charge >= 0.3 is 6.03 Å². The molecular weight excluding hydrogens is 324 g/mol. The highest BCUT2D eigenvalue weighted by Crippen LogP contribution is 2.21. The topological polar surface area (TPSA) is 66.5 Å². The lowest BCUT2D eigenvalue weighted by molar-refractivity contribution is 0.178. The molecule has 0 radical (unpaired) electrons. The number of fused-ring (bicyclic) bond motifs is 1. The van der Waals surface area contributed by atoms with Crippen LogP contribution in [0.5, 0.6) is 0 Å². The summed E-state index contributed by atoms with van der Waals surface area (Å²) in [5, 5.41) is 5.87. The molecule has 3 rings (SSSR count). The molecule has 1 aliphatic heterocycles. The van der Waals surface area contributed by atoms with Gasteiger partial charge < -0.3 is 20.3 Å². The van der Waals surface area contributed by atoms with Crippen molar-refractivity contribution < 1.29 is 9.53 Å². The van der Waals surface area contributed by atoms with Gasteiger partial charge in [0.25, 0.3) is 0 Å². The van der Waals surface area contributed by atoms with Gasteiger partial charge in [-0.05, 0) is 43.5 Å². The molecule has 2 heterocycles. The Morgan fingerprint density at radius 1 is 1.50 bits per heavy atom. The summed E-state index contributed by atoms with van der Waals surface area (Å²) in [6.07, 6.45) is 2.20. The Labute approximate surface area is 146 Å². The minimum absolute atomic E-state index is 0.151. The molecular formula is C17H24N4O2S. The standard InChI is InChI=1S/C17H24N4O2S/c1-23-8-2-6-21-7-5-13(11-21)10-18-17(22)20-14-3-4-16-15(9-14)19-12-24-16/h3-4,9,12-13H,2,5-8,10-11H2,1H3,(H2,18,20,22)/t13-/m0/s1. The van der Waals surface area contributed by atoms with Crippen molar-refractivity contribution in [2.24, 2.45) is 5.92 Å². The number of ether oxygens (including phenoxy) is 1. The molecule has 130 valence electrons. The maximum absolute atomic E-state index is 12.1. The lowest BCUT2D eigenvalue weighted by atomic mass is 10.1. The second kappa shape index (κ2) is 8.41. The highest BCUT2D eigenvalue weighted by atomic mass is 32.1. The zero-order chi connectivity index (χ0) is 16.8. The van der Waals surface area contributed by atoms with Crippen LogP contribution in [0.2, 0.25) is 0 Å². The van der Waals surface area contributed by atoms with Crippen molar-refractivity contribution in [3.05, 3.63) is 23.7 Å². The highest BCUT2D eigenvalue weighted by Gasteiger charge is 2.22. The van der Waals surface area contributed by atoms with Crippen LogP contribution in [0, 0.1) is 5.92 Å². The Morgan fingerprint density at radius 3 is 3.29 bits per heavy atom. The predicted molar refractivity (Wildman–Crippen MR) is 97.7 cm³/mol. The van der Waals surface area contributed by atoms with Crippen LogP contribution in [-0.2, 0) is 4.74 Å². The second-order valence-electron chi connectivity index (χ2n) is 6.17. The van der Waals surface area contributed by atoms with Crippen LogP contribution in [0.15, 0.2) is 23.7 Å². The van der Waals surface area contributed by atoms with Crippen molar-refractivity contribution in [3.8, 4) is 0 Å². The maximum atomic E-state index is 12.1. The maximum Gasteiger partial charge on any atom is 0.319 e. The van der Waals surface area contributed by atoms with E-state index in [2.05, 4.69) is 20.5 Å². The number of anilines is 1. The van der Waals surface area contributed by atoms with E-state index < -0.39 is 0 Å². The number of nitrogens with one attached hydrogen (secondary N) is 2. The zero-order valence-corrected chi connectivity index (χ0v) is 14.8. The fourth-order valence-electron chi connectivity index (χ4n) is 3.06. The van der Waals surface area contributed by atoms with Gasteiger partial charge in [-0.2, -0.15) is 0 Å². The summed E-state index contributed by atoms with van der Waals surface area (Å²) >= 11 is 1.60. The summed E-state index contributed by atoms with van der Waals surface area (Å²) in [5.41, 5.74) is 3.51. The second-order valence-corrected chi connectivity index (χ2v) is 7.06. The monoisotopic (exact) mass is 348 g/mol. The van der Waals surface area contributed by atoms with E-state index in [-0.39, 0.29) is 6.03 Å². The first-order valence-corrected chi connectivity index (χ1v) is 9.22. The molecule has 2 amide bonds. The van der Waals surface area contributed by atoms with Crippen molar-refractivity contribution in [2.45, 2.75) is 12.8 Å². The van der Waals surface area contributed by atoms with Crippen molar-refractivity contribution >= 4 is 33.3 Å². The average molecular weight is 348 g/mol. The number of hydrogen-bond donors (Lipinski definition) is 2. The number of carbonyl (C=O) groups is 1. The SMILES string of the molecule is COCCCN1CC[C@@H](CNC(=O)Nc2ccc3scnc3c2)C1. The lowest BCUT2D eigenvalue weighted by Gasteiger charge is -2.16. The molecule has 7 heteroatoms. The van der Waals surface area contributed by atoms with Crippen molar-refractivity contribution in [3.63, 3.8) is 0 Å². The molecule has 0 unspecified atom stereocenters. The molecule has 0 aliphatic carbocycles. The quantitative estimate of drug-likeness (QED) is 0.755. The third kappa shape index (κ3) is 4.66. The number of hydrogen-bond acceptors (Lipinski definition) is 5. The van der Waals surface area contributed by atoms with E-state index in [1.54, 1.807) is 18.4 Å². The molecule has 0 bridgehead atoms. The Kier molecular flexibility index (Phi) is 6.01. The molecule has 2 aromatic rings. The number of methoxy groups -OCH3 is 1. The minimum Gasteiger partial charge on any atom is -0.385 e. The molecule has 6 nitrogen and oxygen atoms in total. The fourth-order valence-corrected chi connectivity index (χ4v) is 3.72. The van der Waals surface area contributed by atoms with Gasteiger partial charge in [-0.25, -0.2) is 9.78 Å². The highest BCUT2D eigenvalue weighted by molar-refractivity contribution is 7.16. The Balaban J connectivity index is 1.39. The third-order valence-corrected chi connectivity index (χ3v) is 5.14. The number of thiazole rings is 1. The van der Waals surface area contributed by atoms with Gasteiger partial charge in [-0.15, -0.1) is 11.3 Å². The van der Waals surface area contributed by atoms with E-state index in [0.717, 1.165) is 55.0 Å². The summed E-state index contributed by atoms with van der Waals surface area (Å²) in [7, 11) is 1.74.